The zero-order valence-corrected chi connectivity index (χ0v) is 13.8. The van der Waals surface area contributed by atoms with Crippen LogP contribution < -0.4 is 16.4 Å². The molecule has 1 atom stereocenters. The number of nitrogens with one attached hydrogen (secondary N) is 3. The van der Waals surface area contributed by atoms with Gasteiger partial charge in [0.05, 0.1) is 11.0 Å². The van der Waals surface area contributed by atoms with Crippen molar-refractivity contribution in [2.24, 2.45) is 0 Å². The number of rotatable bonds is 4. The maximum atomic E-state index is 11.5. The van der Waals surface area contributed by atoms with Crippen LogP contribution in [0, 0.1) is 0 Å². The van der Waals surface area contributed by atoms with Crippen molar-refractivity contribution in [2.45, 2.75) is 19.0 Å². The minimum atomic E-state index is -0.625. The molecule has 1 aliphatic rings. The summed E-state index contributed by atoms with van der Waals surface area (Å²) in [6.45, 7) is 3.00. The second kappa shape index (κ2) is 6.57. The third-order valence-electron chi connectivity index (χ3n) is 4.61. The van der Waals surface area contributed by atoms with Crippen LogP contribution in [0.3, 0.4) is 0 Å². The van der Waals surface area contributed by atoms with E-state index in [0.717, 1.165) is 31.7 Å². The van der Waals surface area contributed by atoms with Crippen molar-refractivity contribution in [2.75, 3.05) is 18.4 Å². The van der Waals surface area contributed by atoms with Gasteiger partial charge >= 0.3 is 11.1 Å². The van der Waals surface area contributed by atoms with Crippen molar-refractivity contribution in [3.05, 3.63) is 74.8 Å². The molecule has 0 radical (unpaired) electrons. The van der Waals surface area contributed by atoms with Gasteiger partial charge in [-0.05, 0) is 30.2 Å². The van der Waals surface area contributed by atoms with Crippen molar-refractivity contribution < 1.29 is 0 Å². The van der Waals surface area contributed by atoms with Gasteiger partial charge in [-0.3, -0.25) is 14.5 Å². The van der Waals surface area contributed by atoms with Crippen molar-refractivity contribution in [3.63, 3.8) is 0 Å². The van der Waals surface area contributed by atoms with E-state index in [0.29, 0.717) is 17.1 Å². The summed E-state index contributed by atoms with van der Waals surface area (Å²) >= 11 is 0. The van der Waals surface area contributed by atoms with Crippen molar-refractivity contribution >= 4 is 16.7 Å². The minimum Gasteiger partial charge on any atom is -0.381 e. The highest BCUT2D eigenvalue weighted by Crippen LogP contribution is 2.20. The van der Waals surface area contributed by atoms with E-state index >= 15 is 0 Å². The lowest BCUT2D eigenvalue weighted by Gasteiger charge is -2.17. The highest BCUT2D eigenvalue weighted by atomic mass is 16.2. The van der Waals surface area contributed by atoms with E-state index in [9.17, 15) is 9.59 Å². The topological polar surface area (TPSA) is 81.0 Å². The number of hydrogen-bond acceptors (Lipinski definition) is 4. The largest absolute Gasteiger partial charge is 0.381 e. The fraction of sp³-hybridized carbons (Fsp3) is 0.263. The molecule has 2 aromatic carbocycles. The van der Waals surface area contributed by atoms with Gasteiger partial charge in [0, 0.05) is 31.4 Å². The van der Waals surface area contributed by atoms with Crippen molar-refractivity contribution in [3.8, 4) is 0 Å². The summed E-state index contributed by atoms with van der Waals surface area (Å²) in [5.41, 5.74) is 2.29. The highest BCUT2D eigenvalue weighted by Gasteiger charge is 2.22. The molecule has 25 heavy (non-hydrogen) atoms. The lowest BCUT2D eigenvalue weighted by Crippen LogP contribution is -2.29. The Kier molecular flexibility index (Phi) is 4.11. The van der Waals surface area contributed by atoms with Crippen LogP contribution in [0.5, 0.6) is 0 Å². The van der Waals surface area contributed by atoms with E-state index in [1.807, 2.05) is 24.3 Å². The minimum absolute atomic E-state index is 0.371. The van der Waals surface area contributed by atoms with Crippen LogP contribution in [0.15, 0.2) is 58.1 Å². The first-order chi connectivity index (χ1) is 12.2. The fourth-order valence-electron chi connectivity index (χ4n) is 3.38. The van der Waals surface area contributed by atoms with E-state index in [1.54, 1.807) is 0 Å². The molecule has 1 aromatic heterocycles. The normalized spacial score (nSPS) is 17.8. The maximum absolute atomic E-state index is 11.5. The molecule has 0 saturated carbocycles. The Hall–Kier alpha value is -2.86. The second-order valence-electron chi connectivity index (χ2n) is 6.52. The average molecular weight is 336 g/mol. The number of aromatic amines is 2. The predicted molar refractivity (Wildman–Crippen MR) is 98.9 cm³/mol. The zero-order chi connectivity index (χ0) is 17.2. The van der Waals surface area contributed by atoms with Crippen molar-refractivity contribution in [1.29, 1.82) is 0 Å². The number of H-pyrrole nitrogens is 2. The number of nitrogens with zero attached hydrogens (tertiary/aromatic N) is 1. The standard InChI is InChI=1S/C19H20N4O2/c24-18-19(25)22-17-10-14(6-7-16(17)21-18)20-15-8-9-23(12-15)11-13-4-2-1-3-5-13/h1-7,10,15,20H,8-9,11-12H2,(H,21,24)(H,22,25). The smallest absolute Gasteiger partial charge is 0.314 e. The van der Waals surface area contributed by atoms with Crippen LogP contribution >= 0.6 is 0 Å². The lowest BCUT2D eigenvalue weighted by molar-refractivity contribution is 0.328. The van der Waals surface area contributed by atoms with Crippen LogP contribution in [-0.4, -0.2) is 34.0 Å². The number of benzene rings is 2. The van der Waals surface area contributed by atoms with Crippen LogP contribution in [-0.2, 0) is 6.54 Å². The Balaban J connectivity index is 1.44. The molecule has 0 spiro atoms. The first-order valence-electron chi connectivity index (χ1n) is 8.46. The molecule has 0 amide bonds. The van der Waals surface area contributed by atoms with Gasteiger partial charge in [-0.2, -0.15) is 0 Å². The molecule has 0 bridgehead atoms. The number of fused-ring (bicyclic) bond motifs is 1. The summed E-state index contributed by atoms with van der Waals surface area (Å²) in [4.78, 5) is 30.5. The summed E-state index contributed by atoms with van der Waals surface area (Å²) < 4.78 is 0. The summed E-state index contributed by atoms with van der Waals surface area (Å²) in [6, 6.07) is 16.5. The van der Waals surface area contributed by atoms with Crippen LogP contribution in [0.4, 0.5) is 5.69 Å². The molecule has 6 nitrogen and oxygen atoms in total. The summed E-state index contributed by atoms with van der Waals surface area (Å²) in [7, 11) is 0. The molecule has 3 aromatic rings. The van der Waals surface area contributed by atoms with Crippen LogP contribution in [0.1, 0.15) is 12.0 Å². The molecule has 1 fully saturated rings. The van der Waals surface area contributed by atoms with Gasteiger partial charge in [-0.25, -0.2) is 0 Å². The monoisotopic (exact) mass is 336 g/mol. The maximum Gasteiger partial charge on any atom is 0.314 e. The Morgan fingerprint density at radius 3 is 2.56 bits per heavy atom. The first kappa shape index (κ1) is 15.7. The summed E-state index contributed by atoms with van der Waals surface area (Å²) in [6.07, 6.45) is 1.08. The van der Waals surface area contributed by atoms with Crippen LogP contribution in [0.2, 0.25) is 0 Å². The third kappa shape index (κ3) is 3.49. The highest BCUT2D eigenvalue weighted by molar-refractivity contribution is 5.78. The zero-order valence-electron chi connectivity index (χ0n) is 13.8. The molecule has 1 aliphatic heterocycles. The molecule has 0 aliphatic carbocycles. The van der Waals surface area contributed by atoms with Gasteiger partial charge in [0.15, 0.2) is 0 Å². The van der Waals surface area contributed by atoms with Gasteiger partial charge in [0.1, 0.15) is 0 Å². The molecule has 3 N–H and O–H groups in total. The predicted octanol–water partition coefficient (Wildman–Crippen LogP) is 1.90. The second-order valence-corrected chi connectivity index (χ2v) is 6.52. The Morgan fingerprint density at radius 2 is 1.76 bits per heavy atom. The van der Waals surface area contributed by atoms with E-state index in [4.69, 9.17) is 0 Å². The van der Waals surface area contributed by atoms with Crippen LogP contribution in [0.25, 0.3) is 11.0 Å². The Morgan fingerprint density at radius 1 is 1.00 bits per heavy atom. The number of aromatic nitrogens is 2. The molecule has 4 rings (SSSR count). The van der Waals surface area contributed by atoms with Gasteiger partial charge in [-0.1, -0.05) is 30.3 Å². The first-order valence-corrected chi connectivity index (χ1v) is 8.46. The average Bonchev–Trinajstić information content (AvgIpc) is 3.04. The van der Waals surface area contributed by atoms with Crippen molar-refractivity contribution in [1.82, 2.24) is 14.9 Å². The number of likely N-dealkylation sites (tertiary alicyclic amines) is 1. The number of anilines is 1. The van der Waals surface area contributed by atoms with E-state index < -0.39 is 11.1 Å². The molecule has 1 unspecified atom stereocenters. The lowest BCUT2D eigenvalue weighted by atomic mass is 10.2. The van der Waals surface area contributed by atoms with Gasteiger partial charge in [0.2, 0.25) is 0 Å². The molecule has 1 saturated heterocycles. The molecule has 6 heteroatoms. The number of hydrogen-bond donors (Lipinski definition) is 3. The van der Waals surface area contributed by atoms with E-state index in [1.165, 1.54) is 5.56 Å². The molecule has 128 valence electrons. The fourth-order valence-corrected chi connectivity index (χ4v) is 3.38. The third-order valence-corrected chi connectivity index (χ3v) is 4.61. The summed E-state index contributed by atoms with van der Waals surface area (Å²) in [5, 5.41) is 3.53. The Bertz CT molecular complexity index is 993. The Labute approximate surface area is 144 Å². The molecular weight excluding hydrogens is 316 g/mol. The molecular formula is C19H20N4O2. The van der Waals surface area contributed by atoms with E-state index in [-0.39, 0.29) is 0 Å². The van der Waals surface area contributed by atoms with E-state index in [2.05, 4.69) is 44.5 Å². The quantitative estimate of drug-likeness (QED) is 0.636. The molecule has 2 heterocycles. The van der Waals surface area contributed by atoms with Gasteiger partial charge < -0.3 is 15.3 Å². The van der Waals surface area contributed by atoms with Gasteiger partial charge in [-0.15, -0.1) is 0 Å². The summed E-state index contributed by atoms with van der Waals surface area (Å²) in [5.74, 6) is 0. The SMILES string of the molecule is O=c1[nH]c2ccc(NC3CCN(Cc4ccccc4)C3)cc2[nH]c1=O. The van der Waals surface area contributed by atoms with Gasteiger partial charge in [0.25, 0.3) is 0 Å².